The molecule has 37 heavy (non-hydrogen) atoms. The highest BCUT2D eigenvalue weighted by Crippen LogP contribution is 2.30. The molecule has 3 heterocycles. The van der Waals surface area contributed by atoms with E-state index in [-0.39, 0.29) is 23.6 Å². The van der Waals surface area contributed by atoms with E-state index in [0.29, 0.717) is 0 Å². The Morgan fingerprint density at radius 2 is 1.43 bits per heavy atom. The summed E-state index contributed by atoms with van der Waals surface area (Å²) in [5.74, 6) is -0.295. The van der Waals surface area contributed by atoms with Crippen LogP contribution in [0.5, 0.6) is 0 Å². The third kappa shape index (κ3) is 6.28. The second-order valence-electron chi connectivity index (χ2n) is 10.2. The van der Waals surface area contributed by atoms with Gasteiger partial charge in [-0.1, -0.05) is 24.3 Å². The van der Waals surface area contributed by atoms with Crippen molar-refractivity contribution < 1.29 is 13.6 Å². The first-order valence-electron chi connectivity index (χ1n) is 13.3. The summed E-state index contributed by atoms with van der Waals surface area (Å²) in [5.41, 5.74) is 2.97. The Labute approximate surface area is 222 Å². The normalized spacial score (nSPS) is 17.3. The SMILES string of the molecule is Cc1cc2c(s1)CCCN(CCCCN1CCN(C(c3ccc(F)cc3)c3ccc(F)cc3)CC1)C2=O. The van der Waals surface area contributed by atoms with Gasteiger partial charge in [-0.05, 0) is 80.6 Å². The lowest BCUT2D eigenvalue weighted by atomic mass is 9.96. The summed E-state index contributed by atoms with van der Waals surface area (Å²) in [7, 11) is 0. The minimum Gasteiger partial charge on any atom is -0.339 e. The molecular weight excluding hydrogens is 488 g/mol. The molecule has 0 radical (unpaired) electrons. The monoisotopic (exact) mass is 523 g/mol. The molecule has 2 aromatic carbocycles. The Bertz CT molecular complexity index is 1140. The third-order valence-electron chi connectivity index (χ3n) is 7.58. The van der Waals surface area contributed by atoms with Gasteiger partial charge in [-0.15, -0.1) is 11.3 Å². The Kier molecular flexibility index (Phi) is 8.33. The number of carbonyl (C=O) groups is 1. The van der Waals surface area contributed by atoms with Gasteiger partial charge in [0, 0.05) is 49.0 Å². The predicted octanol–water partition coefficient (Wildman–Crippen LogP) is 5.91. The number of unbranched alkanes of at least 4 members (excludes halogenated alkanes) is 1. The predicted molar refractivity (Wildman–Crippen MR) is 145 cm³/mol. The maximum absolute atomic E-state index is 13.6. The largest absolute Gasteiger partial charge is 0.339 e. The lowest BCUT2D eigenvalue weighted by Crippen LogP contribution is -2.48. The molecule has 0 spiro atoms. The van der Waals surface area contributed by atoms with Crippen LogP contribution in [-0.4, -0.2) is 66.4 Å². The molecule has 1 saturated heterocycles. The summed E-state index contributed by atoms with van der Waals surface area (Å²) in [6.07, 6.45) is 4.14. The maximum atomic E-state index is 13.6. The summed E-state index contributed by atoms with van der Waals surface area (Å²) in [6, 6.07) is 15.4. The second-order valence-corrected chi connectivity index (χ2v) is 11.5. The van der Waals surface area contributed by atoms with Crippen molar-refractivity contribution in [3.05, 3.63) is 92.7 Å². The number of thiophene rings is 1. The minimum absolute atomic E-state index is 0.0250. The Balaban J connectivity index is 1.13. The zero-order valence-electron chi connectivity index (χ0n) is 21.5. The van der Waals surface area contributed by atoms with Gasteiger partial charge in [0.15, 0.2) is 0 Å². The molecule has 1 fully saturated rings. The molecule has 7 heteroatoms. The third-order valence-corrected chi connectivity index (χ3v) is 8.69. The summed E-state index contributed by atoms with van der Waals surface area (Å²) in [4.78, 5) is 22.4. The van der Waals surface area contributed by atoms with E-state index in [9.17, 15) is 13.6 Å². The number of hydrogen-bond donors (Lipinski definition) is 0. The molecule has 1 aromatic heterocycles. The highest BCUT2D eigenvalue weighted by Gasteiger charge is 2.27. The first-order valence-corrected chi connectivity index (χ1v) is 14.2. The Morgan fingerprint density at radius 3 is 2.05 bits per heavy atom. The summed E-state index contributed by atoms with van der Waals surface area (Å²) in [6.45, 7) is 8.48. The summed E-state index contributed by atoms with van der Waals surface area (Å²) < 4.78 is 27.2. The van der Waals surface area contributed by atoms with Crippen LogP contribution in [0.2, 0.25) is 0 Å². The van der Waals surface area contributed by atoms with Crippen LogP contribution in [0.1, 0.15) is 56.5 Å². The van der Waals surface area contributed by atoms with Gasteiger partial charge >= 0.3 is 0 Å². The van der Waals surface area contributed by atoms with Crippen LogP contribution in [0.25, 0.3) is 0 Å². The number of benzene rings is 2. The van der Waals surface area contributed by atoms with E-state index in [4.69, 9.17) is 0 Å². The van der Waals surface area contributed by atoms with Gasteiger partial charge in [0.2, 0.25) is 0 Å². The van der Waals surface area contributed by atoms with Gasteiger partial charge in [0.1, 0.15) is 11.6 Å². The average molecular weight is 524 g/mol. The Hall–Kier alpha value is -2.61. The van der Waals surface area contributed by atoms with E-state index in [1.54, 1.807) is 11.3 Å². The molecule has 5 rings (SSSR count). The smallest absolute Gasteiger partial charge is 0.254 e. The highest BCUT2D eigenvalue weighted by molar-refractivity contribution is 7.12. The molecule has 0 aliphatic carbocycles. The van der Waals surface area contributed by atoms with Crippen LogP contribution in [0.4, 0.5) is 8.78 Å². The van der Waals surface area contributed by atoms with Crippen molar-refractivity contribution in [1.82, 2.24) is 14.7 Å². The molecule has 2 aliphatic heterocycles. The fourth-order valence-electron chi connectivity index (χ4n) is 5.63. The molecule has 196 valence electrons. The molecule has 2 aliphatic rings. The van der Waals surface area contributed by atoms with Crippen LogP contribution in [0.15, 0.2) is 54.6 Å². The van der Waals surface area contributed by atoms with Crippen molar-refractivity contribution in [3.8, 4) is 0 Å². The summed E-state index contributed by atoms with van der Waals surface area (Å²) >= 11 is 1.77. The van der Waals surface area contributed by atoms with E-state index in [1.165, 1.54) is 34.0 Å². The van der Waals surface area contributed by atoms with Gasteiger partial charge in [-0.25, -0.2) is 8.78 Å². The zero-order chi connectivity index (χ0) is 25.8. The van der Waals surface area contributed by atoms with Crippen molar-refractivity contribution in [2.75, 3.05) is 45.8 Å². The number of nitrogens with zero attached hydrogens (tertiary/aromatic N) is 3. The van der Waals surface area contributed by atoms with Gasteiger partial charge in [0.05, 0.1) is 11.6 Å². The van der Waals surface area contributed by atoms with Crippen LogP contribution < -0.4 is 0 Å². The van der Waals surface area contributed by atoms with E-state index in [2.05, 4.69) is 22.8 Å². The van der Waals surface area contributed by atoms with Crippen LogP contribution in [0, 0.1) is 18.6 Å². The lowest BCUT2D eigenvalue weighted by Gasteiger charge is -2.40. The molecule has 0 saturated carbocycles. The second kappa shape index (κ2) is 11.8. The molecule has 1 amide bonds. The number of hydrogen-bond acceptors (Lipinski definition) is 4. The zero-order valence-corrected chi connectivity index (χ0v) is 22.3. The molecular formula is C30H35F2N3OS. The number of fused-ring (bicyclic) bond motifs is 1. The molecule has 4 nitrogen and oxygen atoms in total. The molecule has 0 unspecified atom stereocenters. The maximum Gasteiger partial charge on any atom is 0.254 e. The topological polar surface area (TPSA) is 26.8 Å². The van der Waals surface area contributed by atoms with E-state index < -0.39 is 0 Å². The Morgan fingerprint density at radius 1 is 0.838 bits per heavy atom. The van der Waals surface area contributed by atoms with Crippen molar-refractivity contribution >= 4 is 17.2 Å². The van der Waals surface area contributed by atoms with Gasteiger partial charge in [-0.2, -0.15) is 0 Å². The van der Waals surface area contributed by atoms with Crippen LogP contribution >= 0.6 is 11.3 Å². The fourth-order valence-corrected chi connectivity index (χ4v) is 6.70. The molecule has 0 N–H and O–H groups in total. The number of carbonyl (C=O) groups excluding carboxylic acids is 1. The standard InChI is InChI=1S/C30H35F2N3OS/c1-22-21-27-28(37-22)5-4-16-35(30(27)36)15-3-2-14-33-17-19-34(20-18-33)29(23-6-10-25(31)11-7-23)24-8-12-26(32)13-9-24/h6-13,21,29H,2-5,14-20H2,1H3. The number of halogens is 2. The number of rotatable bonds is 8. The van der Waals surface area contributed by atoms with Gasteiger partial charge < -0.3 is 9.80 Å². The van der Waals surface area contributed by atoms with Crippen molar-refractivity contribution in [1.29, 1.82) is 0 Å². The average Bonchev–Trinajstić information content (AvgIpc) is 3.22. The number of aryl methyl sites for hydroxylation is 2. The summed E-state index contributed by atoms with van der Waals surface area (Å²) in [5, 5.41) is 0. The van der Waals surface area contributed by atoms with Crippen molar-refractivity contribution in [3.63, 3.8) is 0 Å². The van der Waals surface area contributed by atoms with Gasteiger partial charge in [0.25, 0.3) is 5.91 Å². The van der Waals surface area contributed by atoms with Crippen LogP contribution in [0.3, 0.4) is 0 Å². The lowest BCUT2D eigenvalue weighted by molar-refractivity contribution is 0.0752. The number of piperazine rings is 1. The van der Waals surface area contributed by atoms with Crippen molar-refractivity contribution in [2.24, 2.45) is 0 Å². The van der Waals surface area contributed by atoms with Crippen molar-refractivity contribution in [2.45, 2.75) is 38.6 Å². The molecule has 3 aromatic rings. The molecule has 0 bridgehead atoms. The highest BCUT2D eigenvalue weighted by atomic mass is 32.1. The molecule has 0 atom stereocenters. The van der Waals surface area contributed by atoms with Crippen LogP contribution in [-0.2, 0) is 6.42 Å². The van der Waals surface area contributed by atoms with Gasteiger partial charge in [-0.3, -0.25) is 9.69 Å². The first-order chi connectivity index (χ1) is 18.0. The van der Waals surface area contributed by atoms with E-state index in [1.807, 2.05) is 29.2 Å². The minimum atomic E-state index is -0.251. The van der Waals surface area contributed by atoms with E-state index >= 15 is 0 Å². The first kappa shape index (κ1) is 26.0. The van der Waals surface area contributed by atoms with E-state index in [0.717, 1.165) is 88.2 Å². The number of amides is 1. The fraction of sp³-hybridized carbons (Fsp3) is 0.433. The quantitative estimate of drug-likeness (QED) is 0.344.